The number of carbonyl (C=O) groups excluding carboxylic acids is 2. The maximum Gasteiger partial charge on any atom is 0.416 e. The molecule has 4 N–H and O–H groups in total. The standard InChI is InChI=1S/C18H14F4N2O.C17H14ClFN2O/c1-9-14-13(24(2)16(9)17(23)25)8-7-12(19)15(14)10-3-5-11(6-4-10)18(20,21)22;1-9-13-7-12(19)8-14(10-3-5-11(18)6-4-10)16(13)21(2)15(9)17(20)22/h3-8H,1-2H3,(H2,23,25);3-8H,1-2H3,(H2,20,22). The van der Waals surface area contributed by atoms with Crippen LogP contribution in [-0.4, -0.2) is 20.9 Å². The van der Waals surface area contributed by atoms with Crippen LogP contribution >= 0.6 is 11.6 Å². The van der Waals surface area contributed by atoms with Crippen LogP contribution in [0.25, 0.3) is 44.1 Å². The van der Waals surface area contributed by atoms with Gasteiger partial charge in [0.25, 0.3) is 11.8 Å². The summed E-state index contributed by atoms with van der Waals surface area (Å²) >= 11 is 5.91. The molecule has 4 aromatic carbocycles. The summed E-state index contributed by atoms with van der Waals surface area (Å²) in [4.78, 5) is 23.4. The second-order valence-corrected chi connectivity index (χ2v) is 11.5. The molecule has 0 saturated heterocycles. The zero-order valence-electron chi connectivity index (χ0n) is 25.6. The molecule has 0 spiro atoms. The summed E-state index contributed by atoms with van der Waals surface area (Å²) in [5.41, 5.74) is 15.1. The van der Waals surface area contributed by atoms with E-state index in [0.29, 0.717) is 49.3 Å². The van der Waals surface area contributed by atoms with E-state index in [1.807, 2.05) is 12.1 Å². The Morgan fingerprint density at radius 2 is 1.30 bits per heavy atom. The summed E-state index contributed by atoms with van der Waals surface area (Å²) in [5.74, 6) is -2.13. The molecule has 6 aromatic rings. The van der Waals surface area contributed by atoms with Crippen LogP contribution in [-0.2, 0) is 20.3 Å². The van der Waals surface area contributed by atoms with E-state index in [2.05, 4.69) is 0 Å². The summed E-state index contributed by atoms with van der Waals surface area (Å²) in [7, 11) is 3.39. The van der Waals surface area contributed by atoms with E-state index in [4.69, 9.17) is 23.1 Å². The molecule has 2 heterocycles. The number of benzene rings is 4. The molecule has 0 aliphatic rings. The van der Waals surface area contributed by atoms with Crippen molar-refractivity contribution in [2.45, 2.75) is 20.0 Å². The lowest BCUT2D eigenvalue weighted by molar-refractivity contribution is -0.137. The molecule has 0 aliphatic heterocycles. The molecule has 12 heteroatoms. The molecule has 2 amide bonds. The topological polar surface area (TPSA) is 96.0 Å². The molecule has 6 rings (SSSR count). The first-order valence-electron chi connectivity index (χ1n) is 14.1. The number of hydrogen-bond donors (Lipinski definition) is 2. The number of aromatic nitrogens is 2. The summed E-state index contributed by atoms with van der Waals surface area (Å²) in [6, 6.07) is 17.0. The lowest BCUT2D eigenvalue weighted by Crippen LogP contribution is -2.16. The number of halogens is 6. The number of fused-ring (bicyclic) bond motifs is 2. The number of nitrogens with zero attached hydrogens (tertiary/aromatic N) is 2. The van der Waals surface area contributed by atoms with Crippen molar-refractivity contribution < 1.29 is 31.5 Å². The van der Waals surface area contributed by atoms with E-state index >= 15 is 0 Å². The minimum atomic E-state index is -4.47. The number of aryl methyl sites for hydroxylation is 4. The van der Waals surface area contributed by atoms with Gasteiger partial charge in [0.15, 0.2) is 0 Å². The number of hydrogen-bond acceptors (Lipinski definition) is 2. The van der Waals surface area contributed by atoms with E-state index < -0.39 is 29.4 Å². The van der Waals surface area contributed by atoms with E-state index in [1.54, 1.807) is 49.2 Å². The Morgan fingerprint density at radius 1 is 0.745 bits per heavy atom. The molecule has 0 atom stereocenters. The highest BCUT2D eigenvalue weighted by molar-refractivity contribution is 6.30. The number of nitrogens with two attached hydrogens (primary N) is 2. The monoisotopic (exact) mass is 666 g/mol. The van der Waals surface area contributed by atoms with Gasteiger partial charge in [-0.3, -0.25) is 9.59 Å². The van der Waals surface area contributed by atoms with Gasteiger partial charge in [0.2, 0.25) is 0 Å². The van der Waals surface area contributed by atoms with Crippen LogP contribution in [0, 0.1) is 25.5 Å². The van der Waals surface area contributed by atoms with Crippen molar-refractivity contribution in [3.63, 3.8) is 0 Å². The third-order valence-corrected chi connectivity index (χ3v) is 8.44. The van der Waals surface area contributed by atoms with Gasteiger partial charge in [-0.2, -0.15) is 13.2 Å². The van der Waals surface area contributed by atoms with Gasteiger partial charge >= 0.3 is 6.18 Å². The normalized spacial score (nSPS) is 11.5. The first-order chi connectivity index (χ1) is 22.0. The molecule has 2 aromatic heterocycles. The first-order valence-corrected chi connectivity index (χ1v) is 14.5. The summed E-state index contributed by atoms with van der Waals surface area (Å²) in [6.07, 6.45) is -4.47. The second kappa shape index (κ2) is 12.2. The maximum absolute atomic E-state index is 14.5. The van der Waals surface area contributed by atoms with E-state index in [0.717, 1.165) is 23.2 Å². The number of amides is 2. The average molecular weight is 667 g/mol. The van der Waals surface area contributed by atoms with E-state index in [-0.39, 0.29) is 17.1 Å². The number of rotatable bonds is 4. The molecule has 0 unspecified atom stereocenters. The fourth-order valence-electron chi connectivity index (χ4n) is 6.11. The number of carbonyl (C=O) groups is 2. The third kappa shape index (κ3) is 5.94. The van der Waals surface area contributed by atoms with E-state index in [1.165, 1.54) is 36.4 Å². The summed E-state index contributed by atoms with van der Waals surface area (Å²) < 4.78 is 70.0. The maximum atomic E-state index is 14.5. The van der Waals surface area contributed by atoms with Gasteiger partial charge in [-0.25, -0.2) is 8.78 Å². The molecule has 0 fully saturated rings. The highest BCUT2D eigenvalue weighted by Gasteiger charge is 2.30. The van der Waals surface area contributed by atoms with Crippen molar-refractivity contribution >= 4 is 45.2 Å². The van der Waals surface area contributed by atoms with Gasteiger partial charge in [0.05, 0.1) is 11.1 Å². The van der Waals surface area contributed by atoms with Crippen LogP contribution < -0.4 is 11.5 Å². The highest BCUT2D eigenvalue weighted by Crippen LogP contribution is 2.38. The van der Waals surface area contributed by atoms with Crippen molar-refractivity contribution in [3.05, 3.63) is 118 Å². The Kier molecular flexibility index (Phi) is 8.63. The fourth-order valence-corrected chi connectivity index (χ4v) is 6.24. The SMILES string of the molecule is Cc1c(C(N)=O)n(C)c2c(-c3ccc(Cl)cc3)cc(F)cc12.Cc1c(C(N)=O)n(C)c2ccc(F)c(-c3ccc(C(F)(F)F)cc3)c12. The molecular formula is C35H28ClF5N4O2. The molecular weight excluding hydrogens is 639 g/mol. The fraction of sp³-hybridized carbons (Fsp3) is 0.143. The molecule has 47 heavy (non-hydrogen) atoms. The molecule has 0 bridgehead atoms. The predicted molar refractivity (Wildman–Crippen MR) is 173 cm³/mol. The van der Waals surface area contributed by atoms with Crippen LogP contribution in [0.15, 0.2) is 72.8 Å². The molecule has 242 valence electrons. The van der Waals surface area contributed by atoms with Crippen molar-refractivity contribution in [2.75, 3.05) is 0 Å². The zero-order chi connectivity index (χ0) is 34.5. The second-order valence-electron chi connectivity index (χ2n) is 11.0. The quantitative estimate of drug-likeness (QED) is 0.185. The highest BCUT2D eigenvalue weighted by atomic mass is 35.5. The van der Waals surface area contributed by atoms with Crippen LogP contribution in [0.3, 0.4) is 0 Å². The summed E-state index contributed by atoms with van der Waals surface area (Å²) in [6.45, 7) is 3.41. The van der Waals surface area contributed by atoms with Crippen molar-refractivity contribution in [1.82, 2.24) is 9.13 Å². The van der Waals surface area contributed by atoms with Gasteiger partial charge in [-0.1, -0.05) is 35.9 Å². The lowest BCUT2D eigenvalue weighted by atomic mass is 9.97. The first kappa shape index (κ1) is 33.2. The molecule has 0 radical (unpaired) electrons. The summed E-state index contributed by atoms with van der Waals surface area (Å²) in [5, 5.41) is 1.74. The average Bonchev–Trinajstić information content (AvgIpc) is 3.40. The van der Waals surface area contributed by atoms with Gasteiger partial charge in [0, 0.05) is 46.5 Å². The van der Waals surface area contributed by atoms with Crippen LogP contribution in [0.4, 0.5) is 22.0 Å². The number of primary amides is 2. The van der Waals surface area contributed by atoms with E-state index in [9.17, 15) is 31.5 Å². The van der Waals surface area contributed by atoms with Crippen molar-refractivity contribution in [1.29, 1.82) is 0 Å². The number of alkyl halides is 3. The smallest absolute Gasteiger partial charge is 0.364 e. The Bertz CT molecular complexity index is 2200. The van der Waals surface area contributed by atoms with Crippen LogP contribution in [0.5, 0.6) is 0 Å². The van der Waals surface area contributed by atoms with Crippen molar-refractivity contribution in [2.24, 2.45) is 25.6 Å². The predicted octanol–water partition coefficient (Wildman–Crippen LogP) is 8.46. The Hall–Kier alpha value is -5.16. The molecule has 0 saturated carbocycles. The Morgan fingerprint density at radius 3 is 1.85 bits per heavy atom. The largest absolute Gasteiger partial charge is 0.416 e. The zero-order valence-corrected chi connectivity index (χ0v) is 26.3. The lowest BCUT2D eigenvalue weighted by Gasteiger charge is -2.10. The minimum absolute atomic E-state index is 0.145. The van der Waals surface area contributed by atoms with Gasteiger partial charge in [-0.15, -0.1) is 0 Å². The van der Waals surface area contributed by atoms with Crippen LogP contribution in [0.1, 0.15) is 37.7 Å². The van der Waals surface area contributed by atoms with Gasteiger partial charge in [-0.05, 0) is 84.6 Å². The Balaban J connectivity index is 0.000000186. The van der Waals surface area contributed by atoms with Crippen LogP contribution in [0.2, 0.25) is 5.02 Å². The van der Waals surface area contributed by atoms with Crippen molar-refractivity contribution in [3.8, 4) is 22.3 Å². The molecule has 6 nitrogen and oxygen atoms in total. The van der Waals surface area contributed by atoms with Gasteiger partial charge < -0.3 is 20.6 Å². The minimum Gasteiger partial charge on any atom is -0.364 e. The van der Waals surface area contributed by atoms with Gasteiger partial charge in [0.1, 0.15) is 23.0 Å². The molecule has 0 aliphatic carbocycles. The Labute approximate surface area is 270 Å². The third-order valence-electron chi connectivity index (χ3n) is 8.19.